The summed E-state index contributed by atoms with van der Waals surface area (Å²) in [5.41, 5.74) is -0.449. The highest BCUT2D eigenvalue weighted by molar-refractivity contribution is 5.81. The van der Waals surface area contributed by atoms with Gasteiger partial charge in [-0.15, -0.1) is 0 Å². The summed E-state index contributed by atoms with van der Waals surface area (Å²) in [6, 6.07) is 0.537. The van der Waals surface area contributed by atoms with E-state index in [2.05, 4.69) is 24.5 Å². The third-order valence-corrected chi connectivity index (χ3v) is 5.02. The highest BCUT2D eigenvalue weighted by atomic mass is 19.1. The lowest BCUT2D eigenvalue weighted by Gasteiger charge is -2.23. The van der Waals surface area contributed by atoms with Gasteiger partial charge in [0.05, 0.1) is 33.0 Å². The first-order chi connectivity index (χ1) is 14.3. The topological polar surface area (TPSA) is 68.8 Å². The standard InChI is InChI=1S/C23H47FN2O4/c1-6-8-9-20(3)25-12-14-29-16-18-30-17-15-28-13-10-21(24)19-26-22(27)23(4,5)11-7-2/h20-21,25H,6-19H2,1-5H3,(H,26,27). The van der Waals surface area contributed by atoms with Gasteiger partial charge in [-0.3, -0.25) is 4.79 Å². The number of alkyl halides is 1. The minimum Gasteiger partial charge on any atom is -0.379 e. The molecule has 0 spiro atoms. The number of rotatable bonds is 21. The number of amides is 1. The van der Waals surface area contributed by atoms with Crippen molar-refractivity contribution in [3.63, 3.8) is 0 Å². The van der Waals surface area contributed by atoms with E-state index in [1.807, 2.05) is 20.8 Å². The number of unbranched alkanes of at least 4 members (excludes halogenated alkanes) is 1. The first-order valence-corrected chi connectivity index (χ1v) is 11.7. The van der Waals surface area contributed by atoms with E-state index < -0.39 is 11.6 Å². The maximum atomic E-state index is 13.9. The molecule has 0 aliphatic heterocycles. The molecular formula is C23H47FN2O4. The van der Waals surface area contributed by atoms with Gasteiger partial charge < -0.3 is 24.8 Å². The Kier molecular flexibility index (Phi) is 18.5. The highest BCUT2D eigenvalue weighted by Crippen LogP contribution is 2.22. The first kappa shape index (κ1) is 29.2. The van der Waals surface area contributed by atoms with Crippen LogP contribution in [0.25, 0.3) is 0 Å². The van der Waals surface area contributed by atoms with Gasteiger partial charge in [0, 0.05) is 37.6 Å². The molecule has 0 aromatic heterocycles. The molecule has 0 aliphatic carbocycles. The fourth-order valence-electron chi connectivity index (χ4n) is 3.03. The van der Waals surface area contributed by atoms with Crippen molar-refractivity contribution in [3.05, 3.63) is 0 Å². The molecule has 2 atom stereocenters. The van der Waals surface area contributed by atoms with Crippen LogP contribution >= 0.6 is 0 Å². The summed E-state index contributed by atoms with van der Waals surface area (Å²) in [6.45, 7) is 14.1. The number of halogens is 1. The largest absolute Gasteiger partial charge is 0.379 e. The third-order valence-electron chi connectivity index (χ3n) is 5.02. The fourth-order valence-corrected chi connectivity index (χ4v) is 3.03. The molecule has 1 amide bonds. The molecule has 7 heteroatoms. The van der Waals surface area contributed by atoms with E-state index in [0.29, 0.717) is 45.7 Å². The van der Waals surface area contributed by atoms with Crippen molar-refractivity contribution in [1.29, 1.82) is 0 Å². The fraction of sp³-hybridized carbons (Fsp3) is 0.957. The molecule has 180 valence electrons. The Hall–Kier alpha value is -0.760. The van der Waals surface area contributed by atoms with Crippen molar-refractivity contribution >= 4 is 5.91 Å². The molecule has 2 unspecified atom stereocenters. The molecule has 0 rings (SSSR count). The Morgan fingerprint density at radius 1 is 0.933 bits per heavy atom. The lowest BCUT2D eigenvalue weighted by molar-refractivity contribution is -0.130. The van der Waals surface area contributed by atoms with Gasteiger partial charge in [0.15, 0.2) is 0 Å². The molecule has 30 heavy (non-hydrogen) atoms. The number of hydrogen-bond acceptors (Lipinski definition) is 5. The number of carbonyl (C=O) groups excluding carboxylic acids is 1. The minimum atomic E-state index is -1.10. The number of hydrogen-bond donors (Lipinski definition) is 2. The van der Waals surface area contributed by atoms with Crippen LogP contribution in [0.2, 0.25) is 0 Å². The van der Waals surface area contributed by atoms with E-state index in [4.69, 9.17) is 14.2 Å². The van der Waals surface area contributed by atoms with Crippen LogP contribution in [0.3, 0.4) is 0 Å². The van der Waals surface area contributed by atoms with Gasteiger partial charge in [0.2, 0.25) is 5.91 Å². The number of ether oxygens (including phenoxy) is 3. The monoisotopic (exact) mass is 434 g/mol. The third kappa shape index (κ3) is 17.0. The minimum absolute atomic E-state index is 0.0371. The molecule has 2 N–H and O–H groups in total. The second kappa shape index (κ2) is 19.0. The molecule has 0 aliphatic rings. The quantitative estimate of drug-likeness (QED) is 0.268. The van der Waals surface area contributed by atoms with Gasteiger partial charge in [0.25, 0.3) is 0 Å². The van der Waals surface area contributed by atoms with Crippen LogP contribution in [0.5, 0.6) is 0 Å². The molecule has 0 saturated carbocycles. The van der Waals surface area contributed by atoms with Crippen LogP contribution in [-0.4, -0.2) is 70.9 Å². The Morgan fingerprint density at radius 2 is 1.53 bits per heavy atom. The Labute approximate surface area is 184 Å². The Bertz CT molecular complexity index is 411. The number of carbonyl (C=O) groups is 1. The highest BCUT2D eigenvalue weighted by Gasteiger charge is 2.26. The predicted molar refractivity (Wildman–Crippen MR) is 121 cm³/mol. The van der Waals surface area contributed by atoms with Gasteiger partial charge >= 0.3 is 0 Å². The molecule has 6 nitrogen and oxygen atoms in total. The average molecular weight is 435 g/mol. The summed E-state index contributed by atoms with van der Waals surface area (Å²) in [6.07, 6.45) is 4.57. The smallest absolute Gasteiger partial charge is 0.225 e. The summed E-state index contributed by atoms with van der Waals surface area (Å²) in [4.78, 5) is 12.0. The Balaban J connectivity index is 3.42. The molecule has 0 aromatic carbocycles. The first-order valence-electron chi connectivity index (χ1n) is 11.7. The number of nitrogens with one attached hydrogen (secondary N) is 2. The van der Waals surface area contributed by atoms with Crippen molar-refractivity contribution in [2.75, 3.05) is 52.7 Å². The van der Waals surface area contributed by atoms with Crippen LogP contribution in [-0.2, 0) is 19.0 Å². The van der Waals surface area contributed by atoms with Crippen molar-refractivity contribution < 1.29 is 23.4 Å². The normalized spacial score (nSPS) is 13.9. The lowest BCUT2D eigenvalue weighted by atomic mass is 9.87. The summed E-state index contributed by atoms with van der Waals surface area (Å²) in [5.74, 6) is -0.0923. The van der Waals surface area contributed by atoms with Crippen LogP contribution in [0.1, 0.15) is 73.1 Å². The van der Waals surface area contributed by atoms with Crippen molar-refractivity contribution in [3.8, 4) is 0 Å². The summed E-state index contributed by atoms with van der Waals surface area (Å²) in [5, 5.41) is 6.14. The van der Waals surface area contributed by atoms with E-state index in [1.165, 1.54) is 19.3 Å². The molecule has 0 heterocycles. The van der Waals surface area contributed by atoms with Gasteiger partial charge in [-0.2, -0.15) is 0 Å². The second-order valence-electron chi connectivity index (χ2n) is 8.56. The van der Waals surface area contributed by atoms with Crippen LogP contribution in [0.15, 0.2) is 0 Å². The molecule has 0 aromatic rings. The average Bonchev–Trinajstić information content (AvgIpc) is 2.71. The lowest BCUT2D eigenvalue weighted by Crippen LogP contribution is -2.40. The van der Waals surface area contributed by atoms with Gasteiger partial charge in [-0.25, -0.2) is 4.39 Å². The molecule has 0 saturated heterocycles. The Morgan fingerprint density at radius 3 is 2.13 bits per heavy atom. The maximum Gasteiger partial charge on any atom is 0.225 e. The van der Waals surface area contributed by atoms with Gasteiger partial charge in [0.1, 0.15) is 6.17 Å². The zero-order valence-electron chi connectivity index (χ0n) is 20.1. The summed E-state index contributed by atoms with van der Waals surface area (Å²) >= 11 is 0. The molecular weight excluding hydrogens is 387 g/mol. The van der Waals surface area contributed by atoms with Gasteiger partial charge in [-0.1, -0.05) is 47.0 Å². The van der Waals surface area contributed by atoms with E-state index in [-0.39, 0.29) is 18.9 Å². The zero-order valence-corrected chi connectivity index (χ0v) is 20.1. The molecule has 0 radical (unpaired) electrons. The van der Waals surface area contributed by atoms with Crippen LogP contribution in [0, 0.1) is 5.41 Å². The maximum absolute atomic E-state index is 13.9. The van der Waals surface area contributed by atoms with Crippen molar-refractivity contribution in [1.82, 2.24) is 10.6 Å². The van der Waals surface area contributed by atoms with Crippen molar-refractivity contribution in [2.24, 2.45) is 5.41 Å². The van der Waals surface area contributed by atoms with Gasteiger partial charge in [-0.05, 0) is 19.8 Å². The van der Waals surface area contributed by atoms with Crippen LogP contribution in [0.4, 0.5) is 4.39 Å². The zero-order chi connectivity index (χ0) is 22.7. The van der Waals surface area contributed by atoms with E-state index in [0.717, 1.165) is 19.4 Å². The second-order valence-corrected chi connectivity index (χ2v) is 8.56. The molecule has 0 bridgehead atoms. The summed E-state index contributed by atoms with van der Waals surface area (Å²) in [7, 11) is 0. The van der Waals surface area contributed by atoms with E-state index >= 15 is 0 Å². The van der Waals surface area contributed by atoms with Crippen LogP contribution < -0.4 is 10.6 Å². The van der Waals surface area contributed by atoms with E-state index in [1.54, 1.807) is 0 Å². The van der Waals surface area contributed by atoms with E-state index in [9.17, 15) is 9.18 Å². The SMILES string of the molecule is CCCCC(C)NCCOCCOCCOCCC(F)CNC(=O)C(C)(C)CCC. The predicted octanol–water partition coefficient (Wildman–Crippen LogP) is 3.88. The van der Waals surface area contributed by atoms with Crippen molar-refractivity contribution in [2.45, 2.75) is 85.4 Å². The summed E-state index contributed by atoms with van der Waals surface area (Å²) < 4.78 is 30.2. The molecule has 0 fully saturated rings.